The lowest BCUT2D eigenvalue weighted by molar-refractivity contribution is -0.153. The number of Topliss-reactive ketones (excluding diaryl/α,β-unsaturated/α-hetero) is 1. The largest absolute Gasteiger partial charge is 0.497 e. The lowest BCUT2D eigenvalue weighted by atomic mass is 10.0. The van der Waals surface area contributed by atoms with Crippen LogP contribution in [0.3, 0.4) is 0 Å². The number of hydrogen-bond donors (Lipinski definition) is 1. The van der Waals surface area contributed by atoms with Crippen molar-refractivity contribution in [2.75, 3.05) is 32.8 Å². The van der Waals surface area contributed by atoms with Crippen LogP contribution < -0.4 is 14.8 Å². The van der Waals surface area contributed by atoms with Crippen molar-refractivity contribution >= 4 is 52.9 Å². The number of carbonyl (C=O) groups is 6. The molecule has 3 atom stereocenters. The summed E-state index contributed by atoms with van der Waals surface area (Å²) < 4.78 is 22.1. The summed E-state index contributed by atoms with van der Waals surface area (Å²) in [6.45, 7) is 3.67. The number of methoxy groups -OCH3 is 1. The van der Waals surface area contributed by atoms with E-state index in [1.54, 1.807) is 42.6 Å². The molecule has 7 rings (SSSR count). The molecule has 4 aromatic carbocycles. The van der Waals surface area contributed by atoms with Crippen LogP contribution in [-0.2, 0) is 28.7 Å². The number of imide groups is 1. The Kier molecular flexibility index (Phi) is 20.7. The molecular formula is C58H62ClN7O11. The van der Waals surface area contributed by atoms with E-state index in [2.05, 4.69) is 27.4 Å². The standard InChI is InChI=1S/C58H62ClN7O11/c1-5-6-7-8-9-10-11-12-13-19-35-76-56(70)38(2)77-57(71)42-27-32-45(59)47(37-42)61-54(68)51(52(67)41-25-28-43(73-3)29-26-41)65-55(69)48(66(74-4)58(65)72)33-36-75-44-30-23-40(24-31-44)49-50(39-20-15-14-16-21-39)63-64-53(62-49)46-22-17-18-34-60-46/h14-18,20-32,34,37-38,48,51H,5-13,19,33,35-36H2,1-4H3,(H,61,68). The average Bonchev–Trinajstić information content (AvgIpc) is 3.69. The highest BCUT2D eigenvalue weighted by molar-refractivity contribution is 6.34. The van der Waals surface area contributed by atoms with Gasteiger partial charge in [0.1, 0.15) is 34.6 Å². The summed E-state index contributed by atoms with van der Waals surface area (Å²) >= 11 is 6.53. The number of halogens is 1. The second-order valence-electron chi connectivity index (χ2n) is 18.2. The zero-order chi connectivity index (χ0) is 54.7. The fourth-order valence-corrected chi connectivity index (χ4v) is 8.73. The van der Waals surface area contributed by atoms with Crippen molar-refractivity contribution in [2.45, 2.75) is 103 Å². The minimum atomic E-state index is -2.10. The molecule has 1 aliphatic heterocycles. The Morgan fingerprint density at radius 1 is 0.714 bits per heavy atom. The Balaban J connectivity index is 1.01. The van der Waals surface area contributed by atoms with Crippen molar-refractivity contribution < 1.29 is 52.6 Å². The molecule has 6 aromatic rings. The number of benzene rings is 4. The summed E-state index contributed by atoms with van der Waals surface area (Å²) in [6, 6.07) is 27.0. The van der Waals surface area contributed by atoms with Gasteiger partial charge in [0, 0.05) is 29.3 Å². The van der Waals surface area contributed by atoms with E-state index in [0.717, 1.165) is 29.9 Å². The number of rotatable bonds is 28. The monoisotopic (exact) mass is 1070 g/mol. The average molecular weight is 1070 g/mol. The lowest BCUT2D eigenvalue weighted by Crippen LogP contribution is -2.52. The predicted molar refractivity (Wildman–Crippen MR) is 288 cm³/mol. The molecule has 18 nitrogen and oxygen atoms in total. The van der Waals surface area contributed by atoms with Crippen LogP contribution in [0, 0.1) is 0 Å². The zero-order valence-corrected chi connectivity index (χ0v) is 44.3. The summed E-state index contributed by atoms with van der Waals surface area (Å²) in [5, 5.41) is 12.1. The SMILES string of the molecule is CCCCCCCCCCCCOC(=O)C(C)OC(=O)c1ccc(Cl)c(NC(=O)C(C(=O)c2ccc(OC)cc2)N2C(=O)C(CCOc3ccc(-c4nc(-c5ccccn5)nnc4-c4ccccc4)cc3)N(OC)C2=O)c1. The van der Waals surface area contributed by atoms with E-state index in [-0.39, 0.29) is 41.5 Å². The number of nitrogens with one attached hydrogen (secondary N) is 1. The molecule has 0 spiro atoms. The molecule has 402 valence electrons. The highest BCUT2D eigenvalue weighted by atomic mass is 35.5. The van der Waals surface area contributed by atoms with Gasteiger partial charge in [0.2, 0.25) is 5.82 Å². The highest BCUT2D eigenvalue weighted by Gasteiger charge is 2.53. The number of ketones is 1. The van der Waals surface area contributed by atoms with Crippen molar-refractivity contribution in [3.05, 3.63) is 138 Å². The number of carbonyl (C=O) groups excluding carboxylic acids is 6. The Morgan fingerprint density at radius 3 is 2.03 bits per heavy atom. The first kappa shape index (κ1) is 56.6. The number of urea groups is 1. The molecule has 4 amide bonds. The third-order valence-electron chi connectivity index (χ3n) is 12.8. The molecule has 1 fully saturated rings. The van der Waals surface area contributed by atoms with E-state index >= 15 is 0 Å². The molecule has 1 saturated heterocycles. The molecule has 3 heterocycles. The van der Waals surface area contributed by atoms with Gasteiger partial charge >= 0.3 is 18.0 Å². The van der Waals surface area contributed by atoms with Gasteiger partial charge in [0.15, 0.2) is 17.9 Å². The van der Waals surface area contributed by atoms with Crippen LogP contribution in [0.5, 0.6) is 11.5 Å². The molecule has 0 radical (unpaired) electrons. The number of amides is 4. The van der Waals surface area contributed by atoms with Crippen molar-refractivity contribution in [3.8, 4) is 45.5 Å². The number of pyridine rings is 1. The maximum absolute atomic E-state index is 14.5. The molecule has 2 aromatic heterocycles. The Hall–Kier alpha value is -8.09. The normalized spacial score (nSPS) is 14.0. The Labute approximate surface area is 452 Å². The second kappa shape index (κ2) is 28.2. The number of ether oxygens (including phenoxy) is 4. The van der Waals surface area contributed by atoms with Crippen LogP contribution in [0.15, 0.2) is 121 Å². The fraction of sp³-hybridized carbons (Fsp3) is 0.345. The van der Waals surface area contributed by atoms with E-state index in [1.807, 2.05) is 36.4 Å². The van der Waals surface area contributed by atoms with Gasteiger partial charge in [-0.15, -0.1) is 10.2 Å². The van der Waals surface area contributed by atoms with E-state index in [1.165, 1.54) is 102 Å². The molecular weight excluding hydrogens is 1010 g/mol. The van der Waals surface area contributed by atoms with Crippen LogP contribution in [0.2, 0.25) is 5.02 Å². The number of nitrogens with zero attached hydrogens (tertiary/aromatic N) is 6. The number of hydroxylamine groups is 2. The first-order chi connectivity index (χ1) is 37.4. The van der Waals surface area contributed by atoms with Crippen molar-refractivity contribution in [2.24, 2.45) is 0 Å². The first-order valence-electron chi connectivity index (χ1n) is 25.7. The summed E-state index contributed by atoms with van der Waals surface area (Å²) in [4.78, 5) is 98.7. The van der Waals surface area contributed by atoms with Crippen LogP contribution >= 0.6 is 11.6 Å². The fourth-order valence-electron chi connectivity index (χ4n) is 8.57. The zero-order valence-electron chi connectivity index (χ0n) is 43.5. The van der Waals surface area contributed by atoms with Gasteiger partial charge in [-0.05, 0) is 92.2 Å². The van der Waals surface area contributed by atoms with Gasteiger partial charge in [-0.2, -0.15) is 5.06 Å². The summed E-state index contributed by atoms with van der Waals surface area (Å²) in [7, 11) is 2.61. The highest BCUT2D eigenvalue weighted by Crippen LogP contribution is 2.32. The van der Waals surface area contributed by atoms with E-state index in [4.69, 9.17) is 40.4 Å². The van der Waals surface area contributed by atoms with Gasteiger partial charge in [-0.25, -0.2) is 24.3 Å². The van der Waals surface area contributed by atoms with Gasteiger partial charge in [0.05, 0.1) is 43.7 Å². The first-order valence-corrected chi connectivity index (χ1v) is 26.1. The number of anilines is 1. The number of aromatic nitrogens is 4. The summed E-state index contributed by atoms with van der Waals surface area (Å²) in [5.41, 5.74) is 2.88. The molecule has 0 bridgehead atoms. The lowest BCUT2D eigenvalue weighted by Gasteiger charge is -2.24. The van der Waals surface area contributed by atoms with Gasteiger partial charge < -0.3 is 24.3 Å². The van der Waals surface area contributed by atoms with Crippen molar-refractivity contribution in [1.82, 2.24) is 30.1 Å². The second-order valence-corrected chi connectivity index (χ2v) is 18.6. The molecule has 1 aliphatic rings. The third kappa shape index (κ3) is 14.9. The number of unbranched alkanes of at least 4 members (excludes halogenated alkanes) is 9. The topological polar surface area (TPSA) is 219 Å². The van der Waals surface area contributed by atoms with E-state index < -0.39 is 53.8 Å². The minimum Gasteiger partial charge on any atom is -0.497 e. The molecule has 3 unspecified atom stereocenters. The molecule has 19 heteroatoms. The number of esters is 2. The maximum Gasteiger partial charge on any atom is 0.352 e. The van der Waals surface area contributed by atoms with Gasteiger partial charge in [0.25, 0.3) is 11.8 Å². The van der Waals surface area contributed by atoms with Crippen molar-refractivity contribution in [1.29, 1.82) is 0 Å². The van der Waals surface area contributed by atoms with Crippen LogP contribution in [-0.4, -0.2) is 111 Å². The van der Waals surface area contributed by atoms with Crippen molar-refractivity contribution in [3.63, 3.8) is 0 Å². The minimum absolute atomic E-state index is 0.0372. The molecule has 0 aliphatic carbocycles. The Morgan fingerprint density at radius 2 is 1.36 bits per heavy atom. The van der Waals surface area contributed by atoms with Crippen LogP contribution in [0.4, 0.5) is 10.5 Å². The summed E-state index contributed by atoms with van der Waals surface area (Å²) in [5.74, 6) is -3.48. The number of hydrogen-bond acceptors (Lipinski definition) is 15. The van der Waals surface area contributed by atoms with Crippen LogP contribution in [0.25, 0.3) is 34.0 Å². The Bertz CT molecular complexity index is 2970. The predicted octanol–water partition coefficient (Wildman–Crippen LogP) is 10.8. The molecule has 77 heavy (non-hydrogen) atoms. The quantitative estimate of drug-likeness (QED) is 0.0159. The van der Waals surface area contributed by atoms with Crippen LogP contribution in [0.1, 0.15) is 105 Å². The van der Waals surface area contributed by atoms with Gasteiger partial charge in [-0.1, -0.05) is 113 Å². The van der Waals surface area contributed by atoms with E-state index in [9.17, 15) is 28.8 Å². The van der Waals surface area contributed by atoms with E-state index in [0.29, 0.717) is 51.3 Å². The third-order valence-corrected chi connectivity index (χ3v) is 13.1. The van der Waals surface area contributed by atoms with Gasteiger partial charge in [-0.3, -0.25) is 24.2 Å². The maximum atomic E-state index is 14.5. The summed E-state index contributed by atoms with van der Waals surface area (Å²) in [6.07, 6.45) is 11.5. The smallest absolute Gasteiger partial charge is 0.352 e. The molecule has 0 saturated carbocycles. The molecule has 1 N–H and O–H groups in total.